The van der Waals surface area contributed by atoms with Gasteiger partial charge in [0, 0.05) is 49.6 Å². The lowest BCUT2D eigenvalue weighted by molar-refractivity contribution is -0.140. The van der Waals surface area contributed by atoms with Gasteiger partial charge in [-0.25, -0.2) is 0 Å². The Morgan fingerprint density at radius 1 is 1.03 bits per heavy atom. The van der Waals surface area contributed by atoms with Crippen LogP contribution >= 0.6 is 11.6 Å². The summed E-state index contributed by atoms with van der Waals surface area (Å²) in [6, 6.07) is 14.0. The predicted octanol–water partition coefficient (Wildman–Crippen LogP) is 4.25. The molecule has 2 amide bonds. The number of carbonyl (C=O) groups is 2. The number of hydrogen-bond acceptors (Lipinski definition) is 3. The third kappa shape index (κ3) is 4.51. The number of aromatic nitrogens is 1. The second-order valence-corrected chi connectivity index (χ2v) is 8.70. The van der Waals surface area contributed by atoms with Gasteiger partial charge in [-0.3, -0.25) is 14.6 Å². The van der Waals surface area contributed by atoms with E-state index in [-0.39, 0.29) is 23.8 Å². The average Bonchev–Trinajstić information content (AvgIpc) is 3.25. The van der Waals surface area contributed by atoms with Gasteiger partial charge in [0.05, 0.1) is 11.7 Å². The molecule has 0 saturated carbocycles. The Balaban J connectivity index is 1.46. The van der Waals surface area contributed by atoms with Crippen LogP contribution < -0.4 is 0 Å². The van der Waals surface area contributed by atoms with E-state index < -0.39 is 0 Å². The molecule has 6 heteroatoms. The molecule has 0 unspecified atom stereocenters. The summed E-state index contributed by atoms with van der Waals surface area (Å²) in [5, 5.41) is 0.749. The van der Waals surface area contributed by atoms with Crippen molar-refractivity contribution >= 4 is 23.4 Å². The van der Waals surface area contributed by atoms with Crippen LogP contribution in [0.3, 0.4) is 0 Å². The van der Waals surface area contributed by atoms with Crippen molar-refractivity contribution in [3.05, 3.63) is 64.4 Å². The van der Waals surface area contributed by atoms with Crippen LogP contribution in [0.15, 0.2) is 42.5 Å². The average molecular weight is 426 g/mol. The molecule has 3 heterocycles. The highest BCUT2D eigenvalue weighted by Crippen LogP contribution is 2.34. The first kappa shape index (κ1) is 20.9. The van der Waals surface area contributed by atoms with Gasteiger partial charge in [-0.15, -0.1) is 0 Å². The van der Waals surface area contributed by atoms with E-state index in [4.69, 9.17) is 16.6 Å². The standard InChI is InChI=1S/C24H28ClN3O2/c1-17(29)27-14-11-18(12-15-27)24(30)28-13-5-10-23(28)22-9-4-7-20(26-22)16-19-6-2-3-8-21(19)25/h2-4,6-9,18,23H,5,10-16H2,1H3/t23-/m0/s1. The minimum absolute atomic E-state index is 0.00695. The molecule has 2 aliphatic rings. The molecular weight excluding hydrogens is 398 g/mol. The van der Waals surface area contributed by atoms with Gasteiger partial charge in [0.1, 0.15) is 0 Å². The normalized spacial score (nSPS) is 19.9. The molecule has 2 aromatic rings. The van der Waals surface area contributed by atoms with E-state index in [0.29, 0.717) is 19.5 Å². The Bertz CT molecular complexity index is 924. The molecule has 1 atom stereocenters. The van der Waals surface area contributed by atoms with Gasteiger partial charge >= 0.3 is 0 Å². The number of likely N-dealkylation sites (tertiary alicyclic amines) is 2. The highest BCUT2D eigenvalue weighted by Gasteiger charge is 2.36. The number of piperidine rings is 1. The van der Waals surface area contributed by atoms with Crippen LogP contribution in [0.2, 0.25) is 5.02 Å². The zero-order chi connectivity index (χ0) is 21.1. The van der Waals surface area contributed by atoms with Crippen molar-refractivity contribution in [3.63, 3.8) is 0 Å². The van der Waals surface area contributed by atoms with Crippen molar-refractivity contribution in [2.75, 3.05) is 19.6 Å². The molecule has 1 aromatic heterocycles. The predicted molar refractivity (Wildman–Crippen MR) is 117 cm³/mol. The zero-order valence-corrected chi connectivity index (χ0v) is 18.1. The van der Waals surface area contributed by atoms with Crippen molar-refractivity contribution in [1.82, 2.24) is 14.8 Å². The SMILES string of the molecule is CC(=O)N1CCC(C(=O)N2CCC[C@H]2c2cccc(Cc3ccccc3Cl)n2)CC1. The molecule has 0 spiro atoms. The second kappa shape index (κ2) is 9.17. The van der Waals surface area contributed by atoms with Gasteiger partial charge in [0.25, 0.3) is 0 Å². The highest BCUT2D eigenvalue weighted by molar-refractivity contribution is 6.31. The first-order chi connectivity index (χ1) is 14.5. The van der Waals surface area contributed by atoms with Crippen molar-refractivity contribution in [2.24, 2.45) is 5.92 Å². The van der Waals surface area contributed by atoms with Crippen LogP contribution in [-0.4, -0.2) is 46.2 Å². The summed E-state index contributed by atoms with van der Waals surface area (Å²) >= 11 is 6.32. The number of benzene rings is 1. The topological polar surface area (TPSA) is 53.5 Å². The molecule has 0 bridgehead atoms. The van der Waals surface area contributed by atoms with Crippen LogP contribution in [0.1, 0.15) is 55.6 Å². The largest absolute Gasteiger partial charge is 0.343 e. The summed E-state index contributed by atoms with van der Waals surface area (Å²) in [7, 11) is 0. The smallest absolute Gasteiger partial charge is 0.226 e. The van der Waals surface area contributed by atoms with E-state index in [9.17, 15) is 9.59 Å². The minimum Gasteiger partial charge on any atom is -0.343 e. The Morgan fingerprint density at radius 2 is 1.80 bits per heavy atom. The highest BCUT2D eigenvalue weighted by atomic mass is 35.5. The number of carbonyl (C=O) groups excluding carboxylic acids is 2. The molecular formula is C24H28ClN3O2. The summed E-state index contributed by atoms with van der Waals surface area (Å²) in [6.07, 6.45) is 4.13. The number of nitrogens with zero attached hydrogens (tertiary/aromatic N) is 3. The molecule has 0 radical (unpaired) electrons. The van der Waals surface area contributed by atoms with Crippen molar-refractivity contribution < 1.29 is 9.59 Å². The number of pyridine rings is 1. The van der Waals surface area contributed by atoms with Crippen LogP contribution in [0.4, 0.5) is 0 Å². The van der Waals surface area contributed by atoms with E-state index in [1.807, 2.05) is 52.3 Å². The van der Waals surface area contributed by atoms with Gasteiger partial charge in [-0.2, -0.15) is 0 Å². The summed E-state index contributed by atoms with van der Waals surface area (Å²) in [5.74, 6) is 0.325. The van der Waals surface area contributed by atoms with Crippen molar-refractivity contribution in [3.8, 4) is 0 Å². The van der Waals surface area contributed by atoms with Gasteiger partial charge in [-0.05, 0) is 49.4 Å². The van der Waals surface area contributed by atoms with Gasteiger partial charge in [0.2, 0.25) is 11.8 Å². The second-order valence-electron chi connectivity index (χ2n) is 8.29. The zero-order valence-electron chi connectivity index (χ0n) is 17.4. The minimum atomic E-state index is 0.00695. The van der Waals surface area contributed by atoms with Crippen LogP contribution in [0.25, 0.3) is 0 Å². The Labute approximate surface area is 183 Å². The van der Waals surface area contributed by atoms with Crippen LogP contribution in [0.5, 0.6) is 0 Å². The molecule has 30 heavy (non-hydrogen) atoms. The van der Waals surface area contributed by atoms with Gasteiger partial charge < -0.3 is 9.80 Å². The third-order valence-electron chi connectivity index (χ3n) is 6.32. The number of rotatable bonds is 4. The molecule has 2 fully saturated rings. The molecule has 1 aromatic carbocycles. The van der Waals surface area contributed by atoms with E-state index in [2.05, 4.69) is 0 Å². The summed E-state index contributed by atoms with van der Waals surface area (Å²) in [6.45, 7) is 3.73. The van der Waals surface area contributed by atoms with Crippen molar-refractivity contribution in [1.29, 1.82) is 0 Å². The lowest BCUT2D eigenvalue weighted by Crippen LogP contribution is -2.43. The first-order valence-electron chi connectivity index (χ1n) is 10.8. The van der Waals surface area contributed by atoms with Crippen LogP contribution in [-0.2, 0) is 16.0 Å². The number of amides is 2. The molecule has 0 N–H and O–H groups in total. The monoisotopic (exact) mass is 425 g/mol. The lowest BCUT2D eigenvalue weighted by atomic mass is 9.94. The maximum absolute atomic E-state index is 13.3. The van der Waals surface area contributed by atoms with E-state index in [1.54, 1.807) is 6.92 Å². The fourth-order valence-corrected chi connectivity index (χ4v) is 4.84. The fourth-order valence-electron chi connectivity index (χ4n) is 4.63. The number of halogens is 1. The lowest BCUT2D eigenvalue weighted by Gasteiger charge is -2.34. The third-order valence-corrected chi connectivity index (χ3v) is 6.69. The maximum Gasteiger partial charge on any atom is 0.226 e. The Kier molecular flexibility index (Phi) is 6.38. The van der Waals surface area contributed by atoms with E-state index in [0.717, 1.165) is 54.2 Å². The maximum atomic E-state index is 13.3. The summed E-state index contributed by atoms with van der Waals surface area (Å²) < 4.78 is 0. The summed E-state index contributed by atoms with van der Waals surface area (Å²) in [4.78, 5) is 33.6. The summed E-state index contributed by atoms with van der Waals surface area (Å²) in [5.41, 5.74) is 2.99. The molecule has 2 aliphatic heterocycles. The Hall–Kier alpha value is -2.40. The first-order valence-corrected chi connectivity index (χ1v) is 11.2. The number of hydrogen-bond donors (Lipinski definition) is 0. The molecule has 0 aliphatic carbocycles. The van der Waals surface area contributed by atoms with Gasteiger partial charge in [0.15, 0.2) is 0 Å². The van der Waals surface area contributed by atoms with Gasteiger partial charge in [-0.1, -0.05) is 35.9 Å². The molecule has 5 nitrogen and oxygen atoms in total. The Morgan fingerprint density at radius 3 is 2.53 bits per heavy atom. The quantitative estimate of drug-likeness (QED) is 0.735. The fraction of sp³-hybridized carbons (Fsp3) is 0.458. The van der Waals surface area contributed by atoms with E-state index >= 15 is 0 Å². The molecule has 2 saturated heterocycles. The van der Waals surface area contributed by atoms with E-state index in [1.165, 1.54) is 0 Å². The molecule has 158 valence electrons. The van der Waals surface area contributed by atoms with Crippen molar-refractivity contribution in [2.45, 2.75) is 45.1 Å². The molecule has 4 rings (SSSR count). The van der Waals surface area contributed by atoms with Crippen LogP contribution in [0, 0.1) is 5.92 Å².